The highest BCUT2D eigenvalue weighted by atomic mass is 16.5. The number of aromatic nitrogens is 1. The lowest BCUT2D eigenvalue weighted by molar-refractivity contribution is -0.118. The van der Waals surface area contributed by atoms with Crippen molar-refractivity contribution in [1.29, 1.82) is 0 Å². The largest absolute Gasteiger partial charge is 0.378 e. The second-order valence-electron chi connectivity index (χ2n) is 9.12. The summed E-state index contributed by atoms with van der Waals surface area (Å²) in [5.74, 6) is -0.0403. The number of amides is 1. The number of ether oxygens (including phenoxy) is 1. The standard InChI is InChI=1S/C29H32N4O2/c1-21-6-8-22(9-7-21)19-30-28(18-23-20-31-27-5-3-2-4-26(23)27)29(34)32-24-10-12-25(13-11-24)33-14-16-35-17-15-33/h2-13,20,28,30-31H,14-19H2,1H3,(H,32,34)/t28-/m0/s1. The van der Waals surface area contributed by atoms with E-state index in [0.29, 0.717) is 13.0 Å². The fourth-order valence-electron chi connectivity index (χ4n) is 4.53. The molecule has 1 aromatic heterocycles. The van der Waals surface area contributed by atoms with Crippen LogP contribution < -0.4 is 15.5 Å². The highest BCUT2D eigenvalue weighted by Crippen LogP contribution is 2.21. The fraction of sp³-hybridized carbons (Fsp3) is 0.276. The quantitative estimate of drug-likeness (QED) is 0.352. The second-order valence-corrected chi connectivity index (χ2v) is 9.12. The highest BCUT2D eigenvalue weighted by molar-refractivity contribution is 5.95. The van der Waals surface area contributed by atoms with E-state index in [1.807, 2.05) is 30.5 Å². The zero-order valence-electron chi connectivity index (χ0n) is 20.1. The Bertz CT molecular complexity index is 1260. The van der Waals surface area contributed by atoms with Crippen LogP contribution in [0.4, 0.5) is 11.4 Å². The number of carbonyl (C=O) groups is 1. The average molecular weight is 469 g/mol. The fourth-order valence-corrected chi connectivity index (χ4v) is 4.53. The van der Waals surface area contributed by atoms with E-state index >= 15 is 0 Å². The van der Waals surface area contributed by atoms with Gasteiger partial charge < -0.3 is 25.3 Å². The van der Waals surface area contributed by atoms with Gasteiger partial charge in [-0.15, -0.1) is 0 Å². The molecule has 5 rings (SSSR count). The Morgan fingerprint density at radius 2 is 1.74 bits per heavy atom. The Kier molecular flexibility index (Phi) is 7.12. The minimum absolute atomic E-state index is 0.0403. The van der Waals surface area contributed by atoms with Gasteiger partial charge in [0, 0.05) is 48.1 Å². The van der Waals surface area contributed by atoms with Gasteiger partial charge in [0.1, 0.15) is 0 Å². The summed E-state index contributed by atoms with van der Waals surface area (Å²) in [6.45, 7) is 5.98. The van der Waals surface area contributed by atoms with Crippen LogP contribution in [-0.2, 0) is 22.5 Å². The summed E-state index contributed by atoms with van der Waals surface area (Å²) in [7, 11) is 0. The molecule has 35 heavy (non-hydrogen) atoms. The molecule has 3 aromatic carbocycles. The molecule has 1 aliphatic heterocycles. The predicted octanol–water partition coefficient (Wildman–Crippen LogP) is 4.65. The van der Waals surface area contributed by atoms with Crippen LogP contribution in [0.15, 0.2) is 79.0 Å². The molecule has 2 heterocycles. The van der Waals surface area contributed by atoms with Crippen LogP contribution in [0.2, 0.25) is 0 Å². The number of hydrogen-bond acceptors (Lipinski definition) is 4. The van der Waals surface area contributed by atoms with Crippen molar-refractivity contribution in [2.24, 2.45) is 0 Å². The molecule has 1 atom stereocenters. The van der Waals surface area contributed by atoms with Gasteiger partial charge in [0.2, 0.25) is 5.91 Å². The minimum Gasteiger partial charge on any atom is -0.378 e. The molecular weight excluding hydrogens is 436 g/mol. The number of para-hydroxylation sites is 1. The molecule has 0 saturated carbocycles. The maximum Gasteiger partial charge on any atom is 0.241 e. The maximum atomic E-state index is 13.4. The molecule has 1 fully saturated rings. The molecule has 0 bridgehead atoms. The number of nitrogens with zero attached hydrogens (tertiary/aromatic N) is 1. The molecule has 1 saturated heterocycles. The number of H-pyrrole nitrogens is 1. The summed E-state index contributed by atoms with van der Waals surface area (Å²) < 4.78 is 5.45. The van der Waals surface area contributed by atoms with Crippen molar-refractivity contribution in [3.8, 4) is 0 Å². The number of morpholine rings is 1. The molecule has 0 aliphatic carbocycles. The van der Waals surface area contributed by atoms with E-state index < -0.39 is 0 Å². The van der Waals surface area contributed by atoms with Crippen LogP contribution in [0.25, 0.3) is 10.9 Å². The van der Waals surface area contributed by atoms with Gasteiger partial charge >= 0.3 is 0 Å². The summed E-state index contributed by atoms with van der Waals surface area (Å²) in [6, 6.07) is 24.3. The lowest BCUT2D eigenvalue weighted by Crippen LogP contribution is -2.41. The van der Waals surface area contributed by atoms with Crippen molar-refractivity contribution in [3.63, 3.8) is 0 Å². The predicted molar refractivity (Wildman–Crippen MR) is 142 cm³/mol. The summed E-state index contributed by atoms with van der Waals surface area (Å²) in [5.41, 5.74) is 6.54. The first-order chi connectivity index (χ1) is 17.2. The van der Waals surface area contributed by atoms with Crippen LogP contribution in [-0.4, -0.2) is 43.2 Å². The van der Waals surface area contributed by atoms with Crippen LogP contribution in [0.5, 0.6) is 0 Å². The van der Waals surface area contributed by atoms with E-state index in [1.165, 1.54) is 5.56 Å². The second kappa shape index (κ2) is 10.8. The molecule has 3 N–H and O–H groups in total. The lowest BCUT2D eigenvalue weighted by Gasteiger charge is -2.29. The van der Waals surface area contributed by atoms with Crippen LogP contribution in [0.3, 0.4) is 0 Å². The number of carbonyl (C=O) groups excluding carboxylic acids is 1. The Morgan fingerprint density at radius 3 is 2.51 bits per heavy atom. The van der Waals surface area contributed by atoms with Crippen molar-refractivity contribution in [2.75, 3.05) is 36.5 Å². The van der Waals surface area contributed by atoms with Crippen molar-refractivity contribution >= 4 is 28.2 Å². The van der Waals surface area contributed by atoms with Crippen molar-refractivity contribution in [3.05, 3.63) is 95.7 Å². The van der Waals surface area contributed by atoms with Gasteiger partial charge in [-0.1, -0.05) is 48.0 Å². The first kappa shape index (κ1) is 23.1. The monoisotopic (exact) mass is 468 g/mol. The van der Waals surface area contributed by atoms with Crippen LogP contribution in [0.1, 0.15) is 16.7 Å². The number of rotatable bonds is 8. The number of hydrogen-bond donors (Lipinski definition) is 3. The molecule has 180 valence electrons. The van der Waals surface area contributed by atoms with Gasteiger partial charge in [-0.25, -0.2) is 0 Å². The normalized spacial score (nSPS) is 14.7. The number of benzene rings is 3. The SMILES string of the molecule is Cc1ccc(CN[C@@H](Cc2c[nH]c3ccccc23)C(=O)Nc2ccc(N3CCOCC3)cc2)cc1. The first-order valence-electron chi connectivity index (χ1n) is 12.2. The highest BCUT2D eigenvalue weighted by Gasteiger charge is 2.21. The third-order valence-electron chi connectivity index (χ3n) is 6.60. The van der Waals surface area contributed by atoms with Crippen molar-refractivity contribution in [1.82, 2.24) is 10.3 Å². The van der Waals surface area contributed by atoms with Gasteiger partial charge in [-0.3, -0.25) is 4.79 Å². The van der Waals surface area contributed by atoms with E-state index in [0.717, 1.165) is 59.7 Å². The average Bonchev–Trinajstić information content (AvgIpc) is 3.31. The molecular formula is C29H32N4O2. The zero-order valence-corrected chi connectivity index (χ0v) is 20.1. The van der Waals surface area contributed by atoms with Crippen LogP contribution in [0, 0.1) is 6.92 Å². The number of aromatic amines is 1. The van der Waals surface area contributed by atoms with Gasteiger partial charge in [0.15, 0.2) is 0 Å². The topological polar surface area (TPSA) is 69.4 Å². The molecule has 6 heteroatoms. The third kappa shape index (κ3) is 5.73. The van der Waals surface area contributed by atoms with Crippen molar-refractivity contribution < 1.29 is 9.53 Å². The summed E-state index contributed by atoms with van der Waals surface area (Å²) in [6.07, 6.45) is 2.60. The van der Waals surface area contributed by atoms with Crippen LogP contribution >= 0.6 is 0 Å². The van der Waals surface area contributed by atoms with Crippen molar-refractivity contribution in [2.45, 2.75) is 25.9 Å². The summed E-state index contributed by atoms with van der Waals surface area (Å²) >= 11 is 0. The molecule has 4 aromatic rings. The number of nitrogens with one attached hydrogen (secondary N) is 3. The van der Waals surface area contributed by atoms with E-state index in [9.17, 15) is 4.79 Å². The number of aryl methyl sites for hydroxylation is 1. The molecule has 1 aliphatic rings. The molecule has 0 unspecified atom stereocenters. The van der Waals surface area contributed by atoms with Gasteiger partial charge in [0.25, 0.3) is 0 Å². The minimum atomic E-state index is -0.380. The lowest BCUT2D eigenvalue weighted by atomic mass is 10.0. The van der Waals surface area contributed by atoms with Gasteiger partial charge in [-0.2, -0.15) is 0 Å². The first-order valence-corrected chi connectivity index (χ1v) is 12.2. The number of fused-ring (bicyclic) bond motifs is 1. The van der Waals surface area contributed by atoms with E-state index in [2.05, 4.69) is 76.0 Å². The van der Waals surface area contributed by atoms with Gasteiger partial charge in [0.05, 0.1) is 19.3 Å². The van der Waals surface area contributed by atoms with E-state index in [4.69, 9.17) is 4.74 Å². The Labute approximate surface area is 206 Å². The number of anilines is 2. The zero-order chi connectivity index (χ0) is 24.0. The Morgan fingerprint density at radius 1 is 1.00 bits per heavy atom. The maximum absolute atomic E-state index is 13.4. The van der Waals surface area contributed by atoms with E-state index in [1.54, 1.807) is 0 Å². The summed E-state index contributed by atoms with van der Waals surface area (Å²) in [5, 5.41) is 7.77. The molecule has 6 nitrogen and oxygen atoms in total. The Hall–Kier alpha value is -3.61. The summed E-state index contributed by atoms with van der Waals surface area (Å²) in [4.78, 5) is 19.1. The third-order valence-corrected chi connectivity index (χ3v) is 6.60. The molecule has 0 spiro atoms. The molecule has 1 amide bonds. The Balaban J connectivity index is 1.30. The van der Waals surface area contributed by atoms with E-state index in [-0.39, 0.29) is 11.9 Å². The smallest absolute Gasteiger partial charge is 0.241 e. The van der Waals surface area contributed by atoms with Gasteiger partial charge in [-0.05, 0) is 54.8 Å². The molecule has 0 radical (unpaired) electrons.